The van der Waals surface area contributed by atoms with Gasteiger partial charge in [0.05, 0.1) is 18.0 Å². The zero-order chi connectivity index (χ0) is 23.2. The molecule has 10 nitrogen and oxygen atoms in total. The van der Waals surface area contributed by atoms with Crippen molar-refractivity contribution in [1.29, 1.82) is 0 Å². The monoisotopic (exact) mass is 500 g/mol. The molecular weight excluding hydrogens is 476 g/mol. The van der Waals surface area contributed by atoms with Crippen molar-refractivity contribution in [1.82, 2.24) is 25.1 Å². The van der Waals surface area contributed by atoms with Gasteiger partial charge in [-0.1, -0.05) is 22.9 Å². The minimum Gasteiger partial charge on any atom is -0.380 e. The first kappa shape index (κ1) is 21.8. The Bertz CT molecular complexity index is 1230. The Kier molecular flexibility index (Phi) is 5.62. The number of H-pyrrole nitrogens is 1. The third-order valence-corrected chi connectivity index (χ3v) is 7.68. The van der Waals surface area contributed by atoms with Gasteiger partial charge < -0.3 is 20.3 Å². The number of carbonyl (C=O) groups excluding carboxylic acids is 1. The first-order valence-electron chi connectivity index (χ1n) is 11.5. The fraction of sp³-hybridized carbons (Fsp3) is 0.500. The Balaban J connectivity index is 1.29. The van der Waals surface area contributed by atoms with Crippen LogP contribution < -0.4 is 15.5 Å². The molecule has 3 N–H and O–H groups in total. The summed E-state index contributed by atoms with van der Waals surface area (Å²) < 4.78 is 6.13. The van der Waals surface area contributed by atoms with E-state index in [0.29, 0.717) is 34.3 Å². The summed E-state index contributed by atoms with van der Waals surface area (Å²) in [5.41, 5.74) is 3.31. The molecule has 6 rings (SSSR count). The summed E-state index contributed by atoms with van der Waals surface area (Å²) in [6.45, 7) is 0.527. The molecule has 178 valence electrons. The van der Waals surface area contributed by atoms with E-state index in [1.807, 2.05) is 4.90 Å². The van der Waals surface area contributed by atoms with Crippen LogP contribution in [-0.2, 0) is 22.4 Å². The van der Waals surface area contributed by atoms with Crippen molar-refractivity contribution < 1.29 is 9.53 Å². The van der Waals surface area contributed by atoms with Crippen LogP contribution in [0.3, 0.4) is 0 Å². The van der Waals surface area contributed by atoms with Gasteiger partial charge in [0.1, 0.15) is 16.2 Å². The zero-order valence-corrected chi connectivity index (χ0v) is 20.2. The summed E-state index contributed by atoms with van der Waals surface area (Å²) in [4.78, 5) is 29.0. The molecule has 0 spiro atoms. The predicted octanol–water partition coefficient (Wildman–Crippen LogP) is 3.65. The van der Waals surface area contributed by atoms with Crippen molar-refractivity contribution in [2.24, 2.45) is 0 Å². The van der Waals surface area contributed by atoms with Crippen LogP contribution in [0.15, 0.2) is 12.3 Å². The third kappa shape index (κ3) is 4.23. The van der Waals surface area contributed by atoms with Crippen LogP contribution in [0.5, 0.6) is 0 Å². The lowest BCUT2D eigenvalue weighted by molar-refractivity contribution is -0.117. The van der Waals surface area contributed by atoms with Gasteiger partial charge in [-0.3, -0.25) is 9.89 Å². The first-order chi connectivity index (χ1) is 16.6. The normalized spacial score (nSPS) is 21.6. The summed E-state index contributed by atoms with van der Waals surface area (Å²) in [6.07, 6.45) is 7.23. The molecule has 0 unspecified atom stereocenters. The van der Waals surface area contributed by atoms with Crippen molar-refractivity contribution in [3.63, 3.8) is 0 Å². The molecule has 2 aliphatic carbocycles. The molecule has 12 heteroatoms. The maximum Gasteiger partial charge on any atom is 0.249 e. The number of aromatic amines is 1. The number of carbonyl (C=O) groups is 1. The van der Waals surface area contributed by atoms with E-state index in [1.165, 1.54) is 30.4 Å². The van der Waals surface area contributed by atoms with Crippen molar-refractivity contribution in [3.8, 4) is 0 Å². The molecule has 3 aromatic heterocycles. The molecule has 4 heterocycles. The molecule has 1 saturated carbocycles. The number of anilines is 4. The van der Waals surface area contributed by atoms with Gasteiger partial charge >= 0.3 is 0 Å². The van der Waals surface area contributed by atoms with Crippen molar-refractivity contribution in [3.05, 3.63) is 33.6 Å². The molecule has 34 heavy (non-hydrogen) atoms. The Hall–Kier alpha value is -2.76. The maximum absolute atomic E-state index is 13.2. The van der Waals surface area contributed by atoms with E-state index in [2.05, 4.69) is 31.9 Å². The number of rotatable bonds is 7. The van der Waals surface area contributed by atoms with Gasteiger partial charge in [-0.25, -0.2) is 9.97 Å². The highest BCUT2D eigenvalue weighted by molar-refractivity contribution is 7.19. The van der Waals surface area contributed by atoms with Crippen LogP contribution in [0, 0.1) is 0 Å². The number of amides is 1. The molecule has 2 fully saturated rings. The molecule has 0 aromatic carbocycles. The second kappa shape index (κ2) is 8.79. The second-order valence-electron chi connectivity index (χ2n) is 8.98. The molecule has 0 radical (unpaired) electrons. The van der Waals surface area contributed by atoms with Gasteiger partial charge in [-0.2, -0.15) is 10.1 Å². The van der Waals surface area contributed by atoms with Gasteiger partial charge in [0.15, 0.2) is 10.9 Å². The van der Waals surface area contributed by atoms with E-state index >= 15 is 0 Å². The molecule has 1 saturated heterocycles. The van der Waals surface area contributed by atoms with Crippen LogP contribution in [0.4, 0.5) is 22.7 Å². The summed E-state index contributed by atoms with van der Waals surface area (Å²) in [5.74, 6) is 2.46. The van der Waals surface area contributed by atoms with Gasteiger partial charge in [-0.05, 0) is 32.1 Å². The van der Waals surface area contributed by atoms with Gasteiger partial charge in [0.25, 0.3) is 0 Å². The van der Waals surface area contributed by atoms with Gasteiger partial charge in [0.2, 0.25) is 11.9 Å². The maximum atomic E-state index is 13.2. The number of aryl methyl sites for hydroxylation is 1. The second-order valence-corrected chi connectivity index (χ2v) is 10.6. The summed E-state index contributed by atoms with van der Waals surface area (Å²) in [7, 11) is 1.66. The lowest BCUT2D eigenvalue weighted by Crippen LogP contribution is -2.40. The van der Waals surface area contributed by atoms with E-state index in [-0.39, 0.29) is 12.0 Å². The number of hydrogen-bond donors (Lipinski definition) is 3. The van der Waals surface area contributed by atoms with Crippen molar-refractivity contribution >= 4 is 51.6 Å². The standard InChI is InChI=1S/C22H25ClN8O2S/c1-33-12-7-16(20(32)28-22-24-9-17(23)34-22)31(10-12)21-25-14-4-2-3-13(14)19(27-21)26-18-8-15(29-30-18)11-5-6-11/h8-9,11-12,16H,2-7,10H2,1H3,(H,24,28,32)(H2,25,26,27,29,30)/t12-,16-/m0/s1. The number of fused-ring (bicyclic) bond motifs is 1. The Morgan fingerprint density at radius 2 is 2.21 bits per heavy atom. The topological polar surface area (TPSA) is 121 Å². The third-order valence-electron chi connectivity index (χ3n) is 6.65. The number of aromatic nitrogens is 5. The minimum atomic E-state index is -0.480. The van der Waals surface area contributed by atoms with Crippen LogP contribution in [0.2, 0.25) is 4.34 Å². The van der Waals surface area contributed by atoms with Crippen LogP contribution in [0.1, 0.15) is 48.6 Å². The molecule has 3 aromatic rings. The fourth-order valence-corrected chi connectivity index (χ4v) is 5.53. The minimum absolute atomic E-state index is 0.101. The number of nitrogens with zero attached hydrogens (tertiary/aromatic N) is 5. The van der Waals surface area contributed by atoms with Crippen molar-refractivity contribution in [2.75, 3.05) is 29.2 Å². The number of thiazole rings is 1. The number of methoxy groups -OCH3 is 1. The zero-order valence-electron chi connectivity index (χ0n) is 18.7. The Labute approximate surface area is 205 Å². The SMILES string of the molecule is CO[C@H]1C[C@@H](C(=O)Nc2ncc(Cl)s2)N(c2nc3c(c(Nc4cc(C5CC5)[nH]n4)n2)CCC3)C1. The van der Waals surface area contributed by atoms with Crippen LogP contribution in [-0.4, -0.2) is 56.9 Å². The average molecular weight is 501 g/mol. The highest BCUT2D eigenvalue weighted by Crippen LogP contribution is 2.40. The summed E-state index contributed by atoms with van der Waals surface area (Å²) >= 11 is 7.20. The molecule has 2 atom stereocenters. The highest BCUT2D eigenvalue weighted by Gasteiger charge is 2.39. The van der Waals surface area contributed by atoms with E-state index in [4.69, 9.17) is 26.3 Å². The molecule has 0 bridgehead atoms. The van der Waals surface area contributed by atoms with E-state index in [1.54, 1.807) is 7.11 Å². The van der Waals surface area contributed by atoms with Gasteiger partial charge in [0, 0.05) is 43.3 Å². The lowest BCUT2D eigenvalue weighted by Gasteiger charge is -2.24. The van der Waals surface area contributed by atoms with E-state index in [0.717, 1.165) is 47.8 Å². The lowest BCUT2D eigenvalue weighted by atomic mass is 10.2. The van der Waals surface area contributed by atoms with Crippen LogP contribution >= 0.6 is 22.9 Å². The molecule has 3 aliphatic rings. The Morgan fingerprint density at radius 3 is 2.97 bits per heavy atom. The van der Waals surface area contributed by atoms with E-state index < -0.39 is 6.04 Å². The Morgan fingerprint density at radius 1 is 1.32 bits per heavy atom. The quantitative estimate of drug-likeness (QED) is 0.449. The summed E-state index contributed by atoms with van der Waals surface area (Å²) in [5, 5.41) is 14.3. The predicted molar refractivity (Wildman–Crippen MR) is 130 cm³/mol. The molecule has 1 amide bonds. The number of ether oxygens (including phenoxy) is 1. The summed E-state index contributed by atoms with van der Waals surface area (Å²) in [6, 6.07) is 1.58. The van der Waals surface area contributed by atoms with E-state index in [9.17, 15) is 4.79 Å². The first-order valence-corrected chi connectivity index (χ1v) is 12.7. The van der Waals surface area contributed by atoms with Gasteiger partial charge in [-0.15, -0.1) is 0 Å². The number of hydrogen-bond acceptors (Lipinski definition) is 9. The number of nitrogens with one attached hydrogen (secondary N) is 3. The largest absolute Gasteiger partial charge is 0.380 e. The van der Waals surface area contributed by atoms with Crippen LogP contribution in [0.25, 0.3) is 0 Å². The average Bonchev–Trinajstić information content (AvgIpc) is 3.23. The molecule has 1 aliphatic heterocycles. The number of halogens is 1. The molecular formula is C22H25ClN8O2S. The van der Waals surface area contributed by atoms with Crippen molar-refractivity contribution in [2.45, 2.75) is 56.6 Å². The fourth-order valence-electron chi connectivity index (χ4n) is 4.72. The highest BCUT2D eigenvalue weighted by atomic mass is 35.5. The smallest absolute Gasteiger partial charge is 0.249 e.